The second-order valence-electron chi connectivity index (χ2n) is 3.38. The molecule has 0 aliphatic rings. The highest BCUT2D eigenvalue weighted by molar-refractivity contribution is 7.13. The van der Waals surface area contributed by atoms with Crippen LogP contribution in [0.5, 0.6) is 0 Å². The summed E-state index contributed by atoms with van der Waals surface area (Å²) in [7, 11) is 0. The van der Waals surface area contributed by atoms with Crippen LogP contribution < -0.4 is 10.6 Å². The molecule has 0 radical (unpaired) electrons. The number of nitrogens with one attached hydrogen (secondary N) is 2. The van der Waals surface area contributed by atoms with Gasteiger partial charge in [0.25, 0.3) is 0 Å². The van der Waals surface area contributed by atoms with E-state index in [9.17, 15) is 4.79 Å². The van der Waals surface area contributed by atoms with Crippen molar-refractivity contribution in [3.63, 3.8) is 0 Å². The van der Waals surface area contributed by atoms with Gasteiger partial charge in [-0.3, -0.25) is 4.79 Å². The molecule has 0 aliphatic heterocycles. The van der Waals surface area contributed by atoms with Gasteiger partial charge in [-0.1, -0.05) is 13.8 Å². The highest BCUT2D eigenvalue weighted by atomic mass is 32.1. The molecule has 1 aromatic rings. The Morgan fingerprint density at radius 1 is 1.64 bits per heavy atom. The van der Waals surface area contributed by atoms with Gasteiger partial charge in [-0.25, -0.2) is 4.98 Å². The van der Waals surface area contributed by atoms with Crippen LogP contribution in [-0.2, 0) is 4.79 Å². The maximum atomic E-state index is 11.3. The second kappa shape index (κ2) is 5.07. The average molecular weight is 213 g/mol. The number of carbonyl (C=O) groups excluding carboxylic acids is 1. The van der Waals surface area contributed by atoms with E-state index in [1.165, 1.54) is 11.3 Å². The molecule has 5 heteroatoms. The van der Waals surface area contributed by atoms with Gasteiger partial charge >= 0.3 is 0 Å². The lowest BCUT2D eigenvalue weighted by molar-refractivity contribution is -0.115. The largest absolute Gasteiger partial charge is 0.306 e. The Balaban J connectivity index is 2.34. The molecular formula is C9H15N3OS. The molecule has 0 spiro atoms. The summed E-state index contributed by atoms with van der Waals surface area (Å²) >= 11 is 1.44. The molecule has 4 nitrogen and oxygen atoms in total. The third-order valence-electron chi connectivity index (χ3n) is 1.54. The normalized spacial score (nSPS) is 10.6. The van der Waals surface area contributed by atoms with E-state index < -0.39 is 0 Å². The van der Waals surface area contributed by atoms with Gasteiger partial charge in [0.1, 0.15) is 0 Å². The van der Waals surface area contributed by atoms with Crippen LogP contribution in [0.4, 0.5) is 5.13 Å². The van der Waals surface area contributed by atoms with Gasteiger partial charge in [0, 0.05) is 11.4 Å². The van der Waals surface area contributed by atoms with Crippen LogP contribution in [0, 0.1) is 6.92 Å². The van der Waals surface area contributed by atoms with Crippen LogP contribution in [0.15, 0.2) is 5.38 Å². The third kappa shape index (κ3) is 3.85. The monoisotopic (exact) mass is 213 g/mol. The molecule has 0 atom stereocenters. The van der Waals surface area contributed by atoms with Gasteiger partial charge in [-0.2, -0.15) is 0 Å². The highest BCUT2D eigenvalue weighted by Gasteiger charge is 2.05. The van der Waals surface area contributed by atoms with Gasteiger partial charge in [-0.05, 0) is 6.92 Å². The van der Waals surface area contributed by atoms with E-state index in [-0.39, 0.29) is 5.91 Å². The van der Waals surface area contributed by atoms with Crippen LogP contribution in [-0.4, -0.2) is 23.5 Å². The molecule has 1 aromatic heterocycles. The molecule has 2 N–H and O–H groups in total. The number of aromatic nitrogens is 1. The van der Waals surface area contributed by atoms with E-state index in [0.717, 1.165) is 5.69 Å². The predicted molar refractivity (Wildman–Crippen MR) is 58.6 cm³/mol. The van der Waals surface area contributed by atoms with Crippen LogP contribution in [0.25, 0.3) is 0 Å². The molecule has 0 aliphatic carbocycles. The fraction of sp³-hybridized carbons (Fsp3) is 0.556. The molecule has 1 amide bonds. The number of aryl methyl sites for hydroxylation is 1. The van der Waals surface area contributed by atoms with Gasteiger partial charge in [0.2, 0.25) is 5.91 Å². The molecule has 0 saturated carbocycles. The second-order valence-corrected chi connectivity index (χ2v) is 4.24. The summed E-state index contributed by atoms with van der Waals surface area (Å²) in [6.45, 7) is 6.23. The van der Waals surface area contributed by atoms with Crippen LogP contribution >= 0.6 is 11.3 Å². The van der Waals surface area contributed by atoms with Crippen molar-refractivity contribution in [3.05, 3.63) is 11.1 Å². The molecule has 0 bridgehead atoms. The van der Waals surface area contributed by atoms with Gasteiger partial charge in [0.05, 0.1) is 12.2 Å². The topological polar surface area (TPSA) is 54.0 Å². The average Bonchev–Trinajstić information content (AvgIpc) is 2.48. The summed E-state index contributed by atoms with van der Waals surface area (Å²) in [4.78, 5) is 15.5. The molecule has 78 valence electrons. The van der Waals surface area contributed by atoms with Crippen LogP contribution in [0.3, 0.4) is 0 Å². The third-order valence-corrected chi connectivity index (χ3v) is 2.41. The number of rotatable bonds is 4. The standard InChI is InChI=1S/C9H15N3OS/c1-6(2)10-4-8(13)12-9-11-7(3)5-14-9/h5-6,10H,4H2,1-3H3,(H,11,12,13). The molecule has 0 aromatic carbocycles. The summed E-state index contributed by atoms with van der Waals surface area (Å²) in [6.07, 6.45) is 0. The molecule has 14 heavy (non-hydrogen) atoms. The van der Waals surface area contributed by atoms with Crippen molar-refractivity contribution < 1.29 is 4.79 Å². The molecule has 1 rings (SSSR count). The number of carbonyl (C=O) groups is 1. The number of anilines is 1. The summed E-state index contributed by atoms with van der Waals surface area (Å²) < 4.78 is 0. The number of nitrogens with zero attached hydrogens (tertiary/aromatic N) is 1. The smallest absolute Gasteiger partial charge is 0.240 e. The van der Waals surface area contributed by atoms with E-state index in [1.807, 2.05) is 26.2 Å². The zero-order chi connectivity index (χ0) is 10.6. The molecular weight excluding hydrogens is 198 g/mol. The van der Waals surface area contributed by atoms with E-state index in [0.29, 0.717) is 17.7 Å². The Kier molecular flexibility index (Phi) is 4.03. The Bertz CT molecular complexity index is 309. The van der Waals surface area contributed by atoms with Gasteiger partial charge in [0.15, 0.2) is 5.13 Å². The van der Waals surface area contributed by atoms with Crippen molar-refractivity contribution in [2.24, 2.45) is 0 Å². The lowest BCUT2D eigenvalue weighted by atomic mass is 10.4. The summed E-state index contributed by atoms with van der Waals surface area (Å²) in [5, 5.41) is 8.33. The van der Waals surface area contributed by atoms with Crippen molar-refractivity contribution in [2.75, 3.05) is 11.9 Å². The molecule has 1 heterocycles. The van der Waals surface area contributed by atoms with Gasteiger partial charge in [-0.15, -0.1) is 11.3 Å². The highest BCUT2D eigenvalue weighted by Crippen LogP contribution is 2.13. The van der Waals surface area contributed by atoms with Gasteiger partial charge < -0.3 is 10.6 Å². The van der Waals surface area contributed by atoms with E-state index >= 15 is 0 Å². The quantitative estimate of drug-likeness (QED) is 0.794. The number of thiazole rings is 1. The van der Waals surface area contributed by atoms with E-state index in [4.69, 9.17) is 0 Å². The Hall–Kier alpha value is -0.940. The maximum absolute atomic E-state index is 11.3. The minimum Gasteiger partial charge on any atom is -0.306 e. The Morgan fingerprint density at radius 3 is 2.86 bits per heavy atom. The predicted octanol–water partition coefficient (Wildman–Crippen LogP) is 1.39. The van der Waals surface area contributed by atoms with Crippen molar-refractivity contribution in [1.29, 1.82) is 0 Å². The van der Waals surface area contributed by atoms with Crippen molar-refractivity contribution >= 4 is 22.4 Å². The number of hydrogen-bond acceptors (Lipinski definition) is 4. The van der Waals surface area contributed by atoms with Crippen molar-refractivity contribution in [3.8, 4) is 0 Å². The van der Waals surface area contributed by atoms with E-state index in [2.05, 4.69) is 15.6 Å². The summed E-state index contributed by atoms with van der Waals surface area (Å²) in [5.74, 6) is -0.0481. The first-order valence-electron chi connectivity index (χ1n) is 4.53. The fourth-order valence-corrected chi connectivity index (χ4v) is 1.58. The SMILES string of the molecule is Cc1csc(NC(=O)CNC(C)C)n1. The lowest BCUT2D eigenvalue weighted by Crippen LogP contribution is -2.32. The van der Waals surface area contributed by atoms with Crippen molar-refractivity contribution in [1.82, 2.24) is 10.3 Å². The van der Waals surface area contributed by atoms with E-state index in [1.54, 1.807) is 0 Å². The first-order chi connectivity index (χ1) is 6.58. The minimum atomic E-state index is -0.0481. The maximum Gasteiger partial charge on any atom is 0.240 e. The molecule has 0 saturated heterocycles. The first kappa shape index (κ1) is 11.1. The zero-order valence-corrected chi connectivity index (χ0v) is 9.44. The Morgan fingerprint density at radius 2 is 2.36 bits per heavy atom. The lowest BCUT2D eigenvalue weighted by Gasteiger charge is -2.06. The molecule has 0 fully saturated rings. The van der Waals surface area contributed by atoms with Crippen LogP contribution in [0.2, 0.25) is 0 Å². The summed E-state index contributed by atoms with van der Waals surface area (Å²) in [6, 6.07) is 0.318. The summed E-state index contributed by atoms with van der Waals surface area (Å²) in [5.41, 5.74) is 0.933. The van der Waals surface area contributed by atoms with Crippen molar-refractivity contribution in [2.45, 2.75) is 26.8 Å². The number of amides is 1. The fourth-order valence-electron chi connectivity index (χ4n) is 0.872. The van der Waals surface area contributed by atoms with Crippen LogP contribution in [0.1, 0.15) is 19.5 Å². The zero-order valence-electron chi connectivity index (χ0n) is 8.63. The minimum absolute atomic E-state index is 0.0481. The first-order valence-corrected chi connectivity index (χ1v) is 5.41. The Labute approximate surface area is 87.7 Å². The number of hydrogen-bond donors (Lipinski definition) is 2. The molecule has 0 unspecified atom stereocenters.